The second kappa shape index (κ2) is 7.27. The van der Waals surface area contributed by atoms with Crippen molar-refractivity contribution in [3.8, 4) is 5.75 Å². The van der Waals surface area contributed by atoms with Crippen LogP contribution in [-0.2, 0) is 11.2 Å². The first-order valence-corrected chi connectivity index (χ1v) is 7.97. The van der Waals surface area contributed by atoms with E-state index in [2.05, 4.69) is 11.4 Å². The van der Waals surface area contributed by atoms with Crippen LogP contribution in [0.4, 0.5) is 0 Å². The lowest BCUT2D eigenvalue weighted by atomic mass is 10.1. The van der Waals surface area contributed by atoms with Crippen molar-refractivity contribution in [3.05, 3.63) is 52.2 Å². The summed E-state index contributed by atoms with van der Waals surface area (Å²) >= 11 is 1.67. The van der Waals surface area contributed by atoms with E-state index >= 15 is 0 Å². The molecule has 1 unspecified atom stereocenters. The van der Waals surface area contributed by atoms with Crippen molar-refractivity contribution >= 4 is 17.2 Å². The summed E-state index contributed by atoms with van der Waals surface area (Å²) in [6.45, 7) is 2.03. The predicted molar refractivity (Wildman–Crippen MR) is 86.8 cm³/mol. The van der Waals surface area contributed by atoms with Gasteiger partial charge in [0.25, 0.3) is 0 Å². The quantitative estimate of drug-likeness (QED) is 0.810. The molecule has 2 aromatic rings. The summed E-state index contributed by atoms with van der Waals surface area (Å²) in [4.78, 5) is 14.1. The minimum Gasteiger partial charge on any atom is -0.496 e. The maximum atomic E-state index is 12.3. The summed E-state index contributed by atoms with van der Waals surface area (Å²) in [5.41, 5.74) is 2.26. The number of hydrogen-bond donors (Lipinski definition) is 0. The fraction of sp³-hybridized carbons (Fsp3) is 0.353. The van der Waals surface area contributed by atoms with Gasteiger partial charge in [0.15, 0.2) is 0 Å². The number of carbonyl (C=O) groups is 1. The van der Waals surface area contributed by atoms with E-state index < -0.39 is 0 Å². The first-order valence-electron chi connectivity index (χ1n) is 7.03. The van der Waals surface area contributed by atoms with Gasteiger partial charge < -0.3 is 9.64 Å². The van der Waals surface area contributed by atoms with Gasteiger partial charge in [-0.25, -0.2) is 0 Å². The van der Waals surface area contributed by atoms with Crippen LogP contribution in [0.5, 0.6) is 5.75 Å². The van der Waals surface area contributed by atoms with Crippen molar-refractivity contribution in [2.24, 2.45) is 0 Å². The Labute approximate surface area is 130 Å². The number of amides is 1. The van der Waals surface area contributed by atoms with Gasteiger partial charge in [-0.05, 0) is 41.8 Å². The highest BCUT2D eigenvalue weighted by Crippen LogP contribution is 2.28. The molecule has 3 nitrogen and oxygen atoms in total. The Bertz CT molecular complexity index is 580. The zero-order chi connectivity index (χ0) is 15.2. The molecule has 1 heterocycles. The normalized spacial score (nSPS) is 12.0. The number of methoxy groups -OCH3 is 1. The summed E-state index contributed by atoms with van der Waals surface area (Å²) in [7, 11) is 3.51. The second-order valence-electron chi connectivity index (χ2n) is 5.05. The molecule has 0 bridgehead atoms. The van der Waals surface area contributed by atoms with Crippen molar-refractivity contribution in [2.75, 3.05) is 14.2 Å². The molecule has 0 fully saturated rings. The molecular formula is C17H21NO2S. The zero-order valence-electron chi connectivity index (χ0n) is 12.7. The Morgan fingerprint density at radius 3 is 2.76 bits per heavy atom. The van der Waals surface area contributed by atoms with Gasteiger partial charge in [0, 0.05) is 19.0 Å². The lowest BCUT2D eigenvalue weighted by molar-refractivity contribution is -0.131. The van der Waals surface area contributed by atoms with Gasteiger partial charge in [-0.2, -0.15) is 11.3 Å². The molecule has 0 saturated heterocycles. The van der Waals surface area contributed by atoms with E-state index in [1.165, 1.54) is 5.56 Å². The number of aryl methyl sites for hydroxylation is 1. The van der Waals surface area contributed by atoms with Crippen molar-refractivity contribution in [2.45, 2.75) is 25.8 Å². The van der Waals surface area contributed by atoms with Gasteiger partial charge in [0.1, 0.15) is 5.75 Å². The number of carbonyl (C=O) groups excluding carboxylic acids is 1. The Morgan fingerprint density at radius 2 is 2.10 bits per heavy atom. The highest BCUT2D eigenvalue weighted by Gasteiger charge is 2.19. The van der Waals surface area contributed by atoms with Gasteiger partial charge in [0.2, 0.25) is 5.91 Å². The van der Waals surface area contributed by atoms with Crippen LogP contribution < -0.4 is 4.74 Å². The number of rotatable bonds is 6. The van der Waals surface area contributed by atoms with Crippen molar-refractivity contribution in [1.82, 2.24) is 4.90 Å². The largest absolute Gasteiger partial charge is 0.496 e. The molecule has 0 spiro atoms. The van der Waals surface area contributed by atoms with Gasteiger partial charge in [0.05, 0.1) is 13.2 Å². The molecule has 0 aliphatic rings. The maximum Gasteiger partial charge on any atom is 0.223 e. The van der Waals surface area contributed by atoms with Crippen LogP contribution in [0.25, 0.3) is 0 Å². The summed E-state index contributed by atoms with van der Waals surface area (Å²) in [6.07, 6.45) is 1.33. The first-order chi connectivity index (χ1) is 10.1. The molecule has 2 rings (SSSR count). The smallest absolute Gasteiger partial charge is 0.223 e. The lowest BCUT2D eigenvalue weighted by Crippen LogP contribution is -2.30. The first kappa shape index (κ1) is 15.6. The van der Waals surface area contributed by atoms with Gasteiger partial charge in [-0.1, -0.05) is 18.2 Å². The summed E-state index contributed by atoms with van der Waals surface area (Å²) < 4.78 is 5.38. The second-order valence-corrected chi connectivity index (χ2v) is 5.83. The van der Waals surface area contributed by atoms with Crippen LogP contribution in [0.1, 0.15) is 30.5 Å². The SMILES string of the molecule is COc1ccccc1C(C)N(C)C(=O)CCc1ccsc1. The molecule has 0 saturated carbocycles. The van der Waals surface area contributed by atoms with Crippen LogP contribution >= 0.6 is 11.3 Å². The third-order valence-corrected chi connectivity index (χ3v) is 4.50. The fourth-order valence-corrected chi connectivity index (χ4v) is 3.00. The topological polar surface area (TPSA) is 29.5 Å². The number of hydrogen-bond acceptors (Lipinski definition) is 3. The average Bonchev–Trinajstić information content (AvgIpc) is 3.04. The van der Waals surface area contributed by atoms with E-state index in [4.69, 9.17) is 4.74 Å². The summed E-state index contributed by atoms with van der Waals surface area (Å²) in [5, 5.41) is 4.14. The molecule has 1 amide bonds. The third kappa shape index (κ3) is 3.85. The van der Waals surface area contributed by atoms with E-state index in [1.807, 2.05) is 43.6 Å². The zero-order valence-corrected chi connectivity index (χ0v) is 13.5. The Balaban J connectivity index is 2.00. The number of nitrogens with zero attached hydrogens (tertiary/aromatic N) is 1. The van der Waals surface area contributed by atoms with Crippen molar-refractivity contribution in [3.63, 3.8) is 0 Å². The highest BCUT2D eigenvalue weighted by atomic mass is 32.1. The molecule has 0 N–H and O–H groups in total. The van der Waals surface area contributed by atoms with Crippen LogP contribution in [-0.4, -0.2) is 25.0 Å². The fourth-order valence-electron chi connectivity index (χ4n) is 2.30. The molecule has 21 heavy (non-hydrogen) atoms. The van der Waals surface area contributed by atoms with Crippen LogP contribution in [0.2, 0.25) is 0 Å². The van der Waals surface area contributed by atoms with Crippen LogP contribution in [0.15, 0.2) is 41.1 Å². The highest BCUT2D eigenvalue weighted by molar-refractivity contribution is 7.07. The van der Waals surface area contributed by atoms with E-state index in [-0.39, 0.29) is 11.9 Å². The molecule has 112 valence electrons. The standard InChI is InChI=1S/C17H21NO2S/c1-13(15-6-4-5-7-16(15)20-3)18(2)17(19)9-8-14-10-11-21-12-14/h4-7,10-13H,8-9H2,1-3H3. The van der Waals surface area contributed by atoms with Crippen molar-refractivity contribution in [1.29, 1.82) is 0 Å². The van der Waals surface area contributed by atoms with Gasteiger partial charge in [-0.3, -0.25) is 4.79 Å². The lowest BCUT2D eigenvalue weighted by Gasteiger charge is -2.26. The molecular weight excluding hydrogens is 282 g/mol. The molecule has 1 aromatic carbocycles. The van der Waals surface area contributed by atoms with E-state index in [9.17, 15) is 4.79 Å². The molecule has 1 atom stereocenters. The molecule has 0 radical (unpaired) electrons. The Kier molecular flexibility index (Phi) is 5.39. The van der Waals surface area contributed by atoms with E-state index in [0.717, 1.165) is 17.7 Å². The average molecular weight is 303 g/mol. The minimum absolute atomic E-state index is 0.00359. The summed E-state index contributed by atoms with van der Waals surface area (Å²) in [6, 6.07) is 9.91. The monoisotopic (exact) mass is 303 g/mol. The Morgan fingerprint density at radius 1 is 1.33 bits per heavy atom. The van der Waals surface area contributed by atoms with Crippen molar-refractivity contribution < 1.29 is 9.53 Å². The van der Waals surface area contributed by atoms with Crippen LogP contribution in [0, 0.1) is 0 Å². The third-order valence-electron chi connectivity index (χ3n) is 3.77. The number of para-hydroxylation sites is 1. The number of benzene rings is 1. The number of ether oxygens (including phenoxy) is 1. The maximum absolute atomic E-state index is 12.3. The van der Waals surface area contributed by atoms with E-state index in [0.29, 0.717) is 6.42 Å². The molecule has 0 aliphatic carbocycles. The summed E-state index contributed by atoms with van der Waals surface area (Å²) in [5.74, 6) is 0.974. The number of thiophene rings is 1. The Hall–Kier alpha value is -1.81. The van der Waals surface area contributed by atoms with Gasteiger partial charge in [-0.15, -0.1) is 0 Å². The van der Waals surface area contributed by atoms with E-state index in [1.54, 1.807) is 23.3 Å². The molecule has 4 heteroatoms. The molecule has 0 aliphatic heterocycles. The van der Waals surface area contributed by atoms with Crippen LogP contribution in [0.3, 0.4) is 0 Å². The van der Waals surface area contributed by atoms with Gasteiger partial charge >= 0.3 is 0 Å². The predicted octanol–water partition coefficient (Wildman–Crippen LogP) is 3.91. The minimum atomic E-state index is -0.00359. The molecule has 1 aromatic heterocycles.